The van der Waals surface area contributed by atoms with Crippen molar-refractivity contribution in [3.05, 3.63) is 34.6 Å². The Hall–Kier alpha value is -2.15. The SMILES string of the molecule is C[C@@H]1C(=O)O[C@H]2[C@H]1CC[C@]1(C)Cc3sc(NC(=O)c4cccn4C)nc3[C@@H](C)[C@H]21. The van der Waals surface area contributed by atoms with Crippen LogP contribution < -0.4 is 5.32 Å². The molecule has 1 aliphatic heterocycles. The van der Waals surface area contributed by atoms with Crippen molar-refractivity contribution in [2.75, 3.05) is 5.32 Å². The number of aryl methyl sites for hydroxylation is 1. The minimum Gasteiger partial charge on any atom is -0.461 e. The summed E-state index contributed by atoms with van der Waals surface area (Å²) < 4.78 is 7.70. The van der Waals surface area contributed by atoms with Crippen molar-refractivity contribution in [1.82, 2.24) is 9.55 Å². The third-order valence-corrected chi connectivity index (χ3v) is 8.54. The van der Waals surface area contributed by atoms with E-state index >= 15 is 0 Å². The summed E-state index contributed by atoms with van der Waals surface area (Å²) in [5.74, 6) is 0.607. The van der Waals surface area contributed by atoms with Crippen LogP contribution in [0.2, 0.25) is 0 Å². The van der Waals surface area contributed by atoms with Crippen molar-refractivity contribution >= 4 is 28.3 Å². The first kappa shape index (κ1) is 18.9. The number of nitrogens with one attached hydrogen (secondary N) is 1. The van der Waals surface area contributed by atoms with E-state index in [1.54, 1.807) is 22.0 Å². The normalized spacial score (nSPS) is 35.4. The van der Waals surface area contributed by atoms with Gasteiger partial charge in [-0.1, -0.05) is 20.8 Å². The Morgan fingerprint density at radius 2 is 2.17 bits per heavy atom. The zero-order valence-electron chi connectivity index (χ0n) is 17.3. The zero-order chi connectivity index (χ0) is 20.5. The van der Waals surface area contributed by atoms with E-state index in [-0.39, 0.29) is 41.1 Å². The monoisotopic (exact) mass is 413 g/mol. The van der Waals surface area contributed by atoms with E-state index in [2.05, 4.69) is 19.2 Å². The molecule has 2 aromatic heterocycles. The summed E-state index contributed by atoms with van der Waals surface area (Å²) in [6.45, 7) is 6.56. The summed E-state index contributed by atoms with van der Waals surface area (Å²) >= 11 is 1.59. The van der Waals surface area contributed by atoms with Gasteiger partial charge in [-0.15, -0.1) is 11.3 Å². The number of hydrogen-bond donors (Lipinski definition) is 1. The summed E-state index contributed by atoms with van der Waals surface area (Å²) in [5, 5.41) is 3.64. The minimum absolute atomic E-state index is 0.00582. The number of fused-ring (bicyclic) bond motifs is 4. The number of anilines is 1. The van der Waals surface area contributed by atoms with Crippen molar-refractivity contribution in [1.29, 1.82) is 0 Å². The quantitative estimate of drug-likeness (QED) is 0.756. The lowest BCUT2D eigenvalue weighted by Gasteiger charge is -2.51. The van der Waals surface area contributed by atoms with E-state index in [0.717, 1.165) is 25.0 Å². The Morgan fingerprint density at radius 3 is 2.90 bits per heavy atom. The third kappa shape index (κ3) is 2.77. The molecule has 6 atom stereocenters. The average molecular weight is 414 g/mol. The van der Waals surface area contributed by atoms with Gasteiger partial charge in [0.05, 0.1) is 11.6 Å². The molecular weight excluding hydrogens is 386 g/mol. The lowest BCUT2D eigenvalue weighted by Crippen LogP contribution is -2.50. The van der Waals surface area contributed by atoms with Gasteiger partial charge in [0.15, 0.2) is 5.13 Å². The number of carbonyl (C=O) groups excluding carboxylic acids is 2. The predicted octanol–water partition coefficient (Wildman–Crippen LogP) is 3.99. The molecule has 29 heavy (non-hydrogen) atoms. The molecule has 2 aromatic rings. The Labute approximate surface area is 174 Å². The Morgan fingerprint density at radius 1 is 1.38 bits per heavy atom. The molecule has 154 valence electrons. The molecule has 6 nitrogen and oxygen atoms in total. The van der Waals surface area contributed by atoms with Gasteiger partial charge in [0.1, 0.15) is 11.8 Å². The summed E-state index contributed by atoms with van der Waals surface area (Å²) in [5.41, 5.74) is 1.78. The fourth-order valence-electron chi connectivity index (χ4n) is 5.99. The highest BCUT2D eigenvalue weighted by atomic mass is 32.1. The van der Waals surface area contributed by atoms with Crippen molar-refractivity contribution in [2.24, 2.45) is 30.2 Å². The number of nitrogens with zero attached hydrogens (tertiary/aromatic N) is 2. The second-order valence-corrected chi connectivity index (χ2v) is 10.4. The molecule has 1 amide bonds. The second-order valence-electron chi connectivity index (χ2n) is 9.32. The molecule has 0 bridgehead atoms. The molecule has 1 saturated heterocycles. The number of hydrogen-bond acceptors (Lipinski definition) is 5. The summed E-state index contributed by atoms with van der Waals surface area (Å²) in [4.78, 5) is 30.9. The lowest BCUT2D eigenvalue weighted by molar-refractivity contribution is -0.149. The van der Waals surface area contributed by atoms with Gasteiger partial charge in [0.2, 0.25) is 0 Å². The van der Waals surface area contributed by atoms with Crippen LogP contribution in [0.5, 0.6) is 0 Å². The van der Waals surface area contributed by atoms with Crippen LogP contribution in [0.1, 0.15) is 60.6 Å². The fraction of sp³-hybridized carbons (Fsp3) is 0.591. The number of carbonyl (C=O) groups is 2. The zero-order valence-corrected chi connectivity index (χ0v) is 18.1. The van der Waals surface area contributed by atoms with Crippen molar-refractivity contribution in [2.45, 2.75) is 52.1 Å². The highest BCUT2D eigenvalue weighted by Crippen LogP contribution is 2.59. The smallest absolute Gasteiger partial charge is 0.309 e. The van der Waals surface area contributed by atoms with E-state index in [0.29, 0.717) is 16.7 Å². The van der Waals surface area contributed by atoms with Crippen LogP contribution >= 0.6 is 11.3 Å². The van der Waals surface area contributed by atoms with Gasteiger partial charge in [0, 0.05) is 35.9 Å². The average Bonchev–Trinajstić information content (AvgIpc) is 3.33. The number of ether oxygens (including phenoxy) is 1. The molecule has 2 aliphatic carbocycles. The van der Waals surface area contributed by atoms with Gasteiger partial charge in [-0.25, -0.2) is 4.98 Å². The minimum atomic E-state index is -0.140. The summed E-state index contributed by atoms with van der Waals surface area (Å²) in [6, 6.07) is 3.66. The Bertz CT molecular complexity index is 995. The van der Waals surface area contributed by atoms with Crippen LogP contribution in [-0.4, -0.2) is 27.5 Å². The molecule has 0 radical (unpaired) electrons. The highest BCUT2D eigenvalue weighted by molar-refractivity contribution is 7.15. The highest BCUT2D eigenvalue weighted by Gasteiger charge is 2.58. The molecular formula is C22H27N3O3S. The van der Waals surface area contributed by atoms with E-state index in [4.69, 9.17) is 9.72 Å². The van der Waals surface area contributed by atoms with Crippen molar-refractivity contribution < 1.29 is 14.3 Å². The van der Waals surface area contributed by atoms with Crippen molar-refractivity contribution in [3.8, 4) is 0 Å². The molecule has 0 unspecified atom stereocenters. The summed E-state index contributed by atoms with van der Waals surface area (Å²) in [6.07, 6.45) is 4.93. The van der Waals surface area contributed by atoms with Crippen LogP contribution in [-0.2, 0) is 23.0 Å². The Balaban J connectivity index is 1.44. The number of aromatic nitrogens is 2. The van der Waals surface area contributed by atoms with Crippen LogP contribution in [0.25, 0.3) is 0 Å². The first-order valence-corrected chi connectivity index (χ1v) is 11.2. The Kier molecular flexibility index (Phi) is 4.18. The standard InChI is InChI=1S/C22H27N3O3S/c1-11-13-7-8-22(3)10-15-17(12(2)16(22)18(13)28-20(11)27)23-21(29-15)24-19(26)14-6-5-9-25(14)4/h5-6,9,11-13,16,18H,7-8,10H2,1-4H3,(H,23,24,26)/t11-,12-,13-,16+,18-,22+/m0/s1. The van der Waals surface area contributed by atoms with Gasteiger partial charge in [-0.2, -0.15) is 0 Å². The topological polar surface area (TPSA) is 73.2 Å². The molecule has 0 spiro atoms. The maximum atomic E-state index is 12.6. The van der Waals surface area contributed by atoms with Crippen LogP contribution in [0.4, 0.5) is 5.13 Å². The van der Waals surface area contributed by atoms with E-state index in [9.17, 15) is 9.59 Å². The fourth-order valence-corrected chi connectivity index (χ4v) is 7.25. The van der Waals surface area contributed by atoms with Crippen LogP contribution in [0.15, 0.2) is 18.3 Å². The maximum absolute atomic E-state index is 12.6. The third-order valence-electron chi connectivity index (χ3n) is 7.55. The van der Waals surface area contributed by atoms with Gasteiger partial charge in [-0.3, -0.25) is 14.9 Å². The lowest BCUT2D eigenvalue weighted by atomic mass is 9.54. The second kappa shape index (κ2) is 6.42. The van der Waals surface area contributed by atoms with Crippen LogP contribution in [0, 0.1) is 23.2 Å². The van der Waals surface area contributed by atoms with Crippen molar-refractivity contribution in [3.63, 3.8) is 0 Å². The first-order chi connectivity index (χ1) is 13.8. The van der Waals surface area contributed by atoms with E-state index in [1.807, 2.05) is 26.2 Å². The van der Waals surface area contributed by atoms with Gasteiger partial charge >= 0.3 is 5.97 Å². The molecule has 7 heteroatoms. The molecule has 2 fully saturated rings. The number of esters is 1. The molecule has 1 saturated carbocycles. The predicted molar refractivity (Wildman–Crippen MR) is 111 cm³/mol. The summed E-state index contributed by atoms with van der Waals surface area (Å²) in [7, 11) is 1.86. The molecule has 3 heterocycles. The number of amides is 1. The first-order valence-electron chi connectivity index (χ1n) is 10.4. The van der Waals surface area contributed by atoms with E-state index in [1.165, 1.54) is 4.88 Å². The molecule has 0 aromatic carbocycles. The van der Waals surface area contributed by atoms with Gasteiger partial charge < -0.3 is 9.30 Å². The molecule has 3 aliphatic rings. The maximum Gasteiger partial charge on any atom is 0.309 e. The van der Waals surface area contributed by atoms with E-state index < -0.39 is 0 Å². The van der Waals surface area contributed by atoms with Gasteiger partial charge in [0.25, 0.3) is 5.91 Å². The van der Waals surface area contributed by atoms with Gasteiger partial charge in [-0.05, 0) is 36.8 Å². The molecule has 1 N–H and O–H groups in total. The molecule has 5 rings (SSSR count). The van der Waals surface area contributed by atoms with Crippen LogP contribution in [0.3, 0.4) is 0 Å². The largest absolute Gasteiger partial charge is 0.461 e. The number of rotatable bonds is 2. The number of thiazole rings is 1.